The summed E-state index contributed by atoms with van der Waals surface area (Å²) < 4.78 is 6.68. The number of nitrogens with zero attached hydrogens (tertiary/aromatic N) is 6. The third-order valence-electron chi connectivity index (χ3n) is 10.1. The molecule has 0 aliphatic heterocycles. The molecular formula is C45H28N6. The highest BCUT2D eigenvalue weighted by Gasteiger charge is 2.20. The van der Waals surface area contributed by atoms with E-state index in [9.17, 15) is 0 Å². The van der Waals surface area contributed by atoms with Crippen molar-refractivity contribution in [2.45, 2.75) is 0 Å². The minimum atomic E-state index is 0.605. The molecule has 0 amide bonds. The summed E-state index contributed by atoms with van der Waals surface area (Å²) in [5.41, 5.74) is 8.26. The van der Waals surface area contributed by atoms with E-state index in [0.29, 0.717) is 5.95 Å². The van der Waals surface area contributed by atoms with Gasteiger partial charge >= 0.3 is 0 Å². The van der Waals surface area contributed by atoms with Gasteiger partial charge in [-0.2, -0.15) is 4.98 Å². The van der Waals surface area contributed by atoms with Crippen LogP contribution >= 0.6 is 0 Å². The zero-order chi connectivity index (χ0) is 33.5. The third kappa shape index (κ3) is 4.07. The minimum Gasteiger partial charge on any atom is -0.294 e. The average molecular weight is 653 g/mol. The number of hydrogen-bond donors (Lipinski definition) is 0. The van der Waals surface area contributed by atoms with Gasteiger partial charge in [0.05, 0.1) is 38.8 Å². The van der Waals surface area contributed by atoms with Crippen LogP contribution in [0.1, 0.15) is 0 Å². The number of para-hydroxylation sites is 6. The maximum absolute atomic E-state index is 5.36. The second-order valence-corrected chi connectivity index (χ2v) is 12.9. The normalized spacial score (nSPS) is 11.9. The number of rotatable bonds is 4. The predicted octanol–water partition coefficient (Wildman–Crippen LogP) is 10.8. The zero-order valence-electron chi connectivity index (χ0n) is 27.3. The van der Waals surface area contributed by atoms with Gasteiger partial charge in [-0.1, -0.05) is 109 Å². The molecule has 6 nitrogen and oxygen atoms in total. The molecule has 5 aromatic heterocycles. The zero-order valence-corrected chi connectivity index (χ0v) is 27.3. The summed E-state index contributed by atoms with van der Waals surface area (Å²) in [5.74, 6) is 2.25. The summed E-state index contributed by atoms with van der Waals surface area (Å²) in [4.78, 5) is 15.7. The van der Waals surface area contributed by atoms with Gasteiger partial charge in [0, 0.05) is 50.1 Å². The Morgan fingerprint density at radius 3 is 1.10 bits per heavy atom. The van der Waals surface area contributed by atoms with E-state index >= 15 is 0 Å². The van der Waals surface area contributed by atoms with Crippen molar-refractivity contribution in [1.29, 1.82) is 0 Å². The van der Waals surface area contributed by atoms with Gasteiger partial charge in [0.25, 0.3) is 0 Å². The van der Waals surface area contributed by atoms with E-state index in [-0.39, 0.29) is 0 Å². The van der Waals surface area contributed by atoms with Crippen molar-refractivity contribution in [3.63, 3.8) is 0 Å². The van der Waals surface area contributed by atoms with Crippen molar-refractivity contribution in [3.8, 4) is 28.8 Å². The molecule has 51 heavy (non-hydrogen) atoms. The van der Waals surface area contributed by atoms with Crippen LogP contribution in [-0.4, -0.2) is 28.7 Å². The maximum atomic E-state index is 5.36. The lowest BCUT2D eigenvalue weighted by Crippen LogP contribution is -2.07. The molecule has 0 atom stereocenters. The van der Waals surface area contributed by atoms with Crippen LogP contribution in [0.4, 0.5) is 0 Å². The van der Waals surface area contributed by atoms with Crippen LogP contribution in [0.2, 0.25) is 0 Å². The number of benzene rings is 6. The van der Waals surface area contributed by atoms with Crippen molar-refractivity contribution in [2.24, 2.45) is 0 Å². The topological polar surface area (TPSA) is 53.5 Å². The Hall–Kier alpha value is -7.05. The SMILES string of the molecule is c1ccc2c(c1)c1ccccc1n2-c1ccc(-c2cc(-n3c4ccccc4c4ccccc43)nc(-n3c4ccccc4c4ccccc43)n2)cn1. The van der Waals surface area contributed by atoms with Crippen molar-refractivity contribution in [3.05, 3.63) is 170 Å². The summed E-state index contributed by atoms with van der Waals surface area (Å²) in [6.07, 6.45) is 1.94. The number of hydrogen-bond acceptors (Lipinski definition) is 3. The van der Waals surface area contributed by atoms with Crippen LogP contribution in [0.15, 0.2) is 170 Å². The second kappa shape index (κ2) is 10.7. The molecule has 0 aliphatic carbocycles. The summed E-state index contributed by atoms with van der Waals surface area (Å²) in [7, 11) is 0. The van der Waals surface area contributed by atoms with Crippen LogP contribution in [-0.2, 0) is 0 Å². The summed E-state index contributed by atoms with van der Waals surface area (Å²) in [5, 5.41) is 7.12. The van der Waals surface area contributed by atoms with Gasteiger partial charge in [0.15, 0.2) is 0 Å². The highest BCUT2D eigenvalue weighted by atomic mass is 15.2. The van der Waals surface area contributed by atoms with Gasteiger partial charge in [-0.05, 0) is 48.5 Å². The van der Waals surface area contributed by atoms with E-state index in [2.05, 4.69) is 177 Å². The Morgan fingerprint density at radius 2 is 0.706 bits per heavy atom. The fourth-order valence-corrected chi connectivity index (χ4v) is 7.93. The molecule has 238 valence electrons. The predicted molar refractivity (Wildman–Crippen MR) is 208 cm³/mol. The first-order valence-electron chi connectivity index (χ1n) is 17.1. The molecule has 0 radical (unpaired) electrons. The molecule has 0 saturated heterocycles. The van der Waals surface area contributed by atoms with E-state index in [0.717, 1.165) is 66.8 Å². The molecule has 0 N–H and O–H groups in total. The Balaban J connectivity index is 1.17. The summed E-state index contributed by atoms with van der Waals surface area (Å²) in [6, 6.07) is 57.4. The van der Waals surface area contributed by atoms with Crippen LogP contribution in [0.5, 0.6) is 0 Å². The summed E-state index contributed by atoms with van der Waals surface area (Å²) in [6.45, 7) is 0. The van der Waals surface area contributed by atoms with Crippen LogP contribution < -0.4 is 0 Å². The lowest BCUT2D eigenvalue weighted by atomic mass is 10.2. The van der Waals surface area contributed by atoms with Crippen LogP contribution in [0, 0.1) is 0 Å². The first-order chi connectivity index (χ1) is 25.3. The van der Waals surface area contributed by atoms with Crippen LogP contribution in [0.25, 0.3) is 94.3 Å². The second-order valence-electron chi connectivity index (χ2n) is 12.9. The molecule has 0 spiro atoms. The van der Waals surface area contributed by atoms with Crippen molar-refractivity contribution < 1.29 is 0 Å². The highest BCUT2D eigenvalue weighted by Crippen LogP contribution is 2.36. The van der Waals surface area contributed by atoms with Crippen molar-refractivity contribution >= 4 is 65.4 Å². The fraction of sp³-hybridized carbons (Fsp3) is 0. The molecule has 6 heteroatoms. The molecule has 0 bridgehead atoms. The number of aromatic nitrogens is 6. The van der Waals surface area contributed by atoms with E-state index in [1.807, 2.05) is 6.20 Å². The average Bonchev–Trinajstić information content (AvgIpc) is 3.84. The molecule has 0 unspecified atom stereocenters. The lowest BCUT2D eigenvalue weighted by molar-refractivity contribution is 0.951. The lowest BCUT2D eigenvalue weighted by Gasteiger charge is -2.14. The molecule has 0 aliphatic rings. The summed E-state index contributed by atoms with van der Waals surface area (Å²) >= 11 is 0. The minimum absolute atomic E-state index is 0.605. The molecule has 6 aromatic carbocycles. The molecule has 0 fully saturated rings. The first-order valence-corrected chi connectivity index (χ1v) is 17.1. The van der Waals surface area contributed by atoms with Gasteiger partial charge in [0.2, 0.25) is 5.95 Å². The van der Waals surface area contributed by atoms with Gasteiger partial charge < -0.3 is 0 Å². The standard InChI is InChI=1S/C45H28N6/c1-7-19-37-30(13-1)31-14-2-8-20-38(31)49(37)43-26-25-29(28-46-43)36-27-44(50-39-21-9-3-15-32(39)33-16-4-10-22-40(33)50)48-45(47-36)51-41-23-11-5-17-34(41)35-18-6-12-24-42(35)51/h1-28H. The smallest absolute Gasteiger partial charge is 0.237 e. The van der Waals surface area contributed by atoms with Crippen molar-refractivity contribution in [1.82, 2.24) is 28.7 Å². The van der Waals surface area contributed by atoms with E-state index < -0.39 is 0 Å². The first kappa shape index (κ1) is 27.9. The van der Waals surface area contributed by atoms with Crippen molar-refractivity contribution in [2.75, 3.05) is 0 Å². The van der Waals surface area contributed by atoms with E-state index in [1.165, 1.54) is 21.5 Å². The highest BCUT2D eigenvalue weighted by molar-refractivity contribution is 6.11. The molecule has 5 heterocycles. The third-order valence-corrected chi connectivity index (χ3v) is 10.1. The Bertz CT molecular complexity index is 2850. The van der Waals surface area contributed by atoms with E-state index in [4.69, 9.17) is 15.0 Å². The largest absolute Gasteiger partial charge is 0.294 e. The Kier molecular flexibility index (Phi) is 5.86. The van der Waals surface area contributed by atoms with Gasteiger partial charge in [-0.25, -0.2) is 9.97 Å². The molecule has 0 saturated carbocycles. The number of pyridine rings is 1. The molecule has 11 rings (SSSR count). The van der Waals surface area contributed by atoms with Gasteiger partial charge in [-0.3, -0.25) is 13.7 Å². The molecular weight excluding hydrogens is 625 g/mol. The molecule has 11 aromatic rings. The Labute approximate surface area is 292 Å². The van der Waals surface area contributed by atoms with Gasteiger partial charge in [-0.15, -0.1) is 0 Å². The van der Waals surface area contributed by atoms with Crippen LogP contribution in [0.3, 0.4) is 0 Å². The number of fused-ring (bicyclic) bond motifs is 9. The van der Waals surface area contributed by atoms with E-state index in [1.54, 1.807) is 0 Å². The quantitative estimate of drug-likeness (QED) is 0.190. The fourth-order valence-electron chi connectivity index (χ4n) is 7.93. The maximum Gasteiger partial charge on any atom is 0.237 e. The Morgan fingerprint density at radius 1 is 0.333 bits per heavy atom. The van der Waals surface area contributed by atoms with Gasteiger partial charge in [0.1, 0.15) is 11.6 Å². The monoisotopic (exact) mass is 652 g/mol.